The third-order valence-corrected chi connectivity index (χ3v) is 11.5. The van der Waals surface area contributed by atoms with Gasteiger partial charge >= 0.3 is 0 Å². The average Bonchev–Trinajstić information content (AvgIpc) is 2.61. The molecule has 29 heavy (non-hydrogen) atoms. The van der Waals surface area contributed by atoms with Crippen molar-refractivity contribution in [3.8, 4) is 5.75 Å². The van der Waals surface area contributed by atoms with Crippen molar-refractivity contribution < 1.29 is 13.7 Å². The van der Waals surface area contributed by atoms with Crippen molar-refractivity contribution in [2.24, 2.45) is 0 Å². The molecule has 0 bridgehead atoms. The molecule has 0 amide bonds. The van der Waals surface area contributed by atoms with Crippen LogP contribution in [-0.4, -0.2) is 36.4 Å². The van der Waals surface area contributed by atoms with E-state index in [1.165, 1.54) is 0 Å². The van der Waals surface area contributed by atoms with Gasteiger partial charge in [0.2, 0.25) is 0 Å². The average molecular weight is 440 g/mol. The highest BCUT2D eigenvalue weighted by Gasteiger charge is 2.42. The van der Waals surface area contributed by atoms with Gasteiger partial charge < -0.3 is 13.7 Å². The molecule has 0 radical (unpaired) electrons. The van der Waals surface area contributed by atoms with E-state index in [1.807, 2.05) is 57.2 Å². The molecule has 0 heterocycles. The molecule has 0 fully saturated rings. The predicted molar refractivity (Wildman–Crippen MR) is 128 cm³/mol. The summed E-state index contributed by atoms with van der Waals surface area (Å²) in [5.74, 6) is 0.816. The zero-order valence-corrected chi connectivity index (χ0v) is 21.4. The SMILES string of the molecule is C=CCC[C@@H](N[S@@+]([O-])C(C)(C)C)[C@@H](COc1ccccc1)O[Si](C)(C)C(C)(C)C. The van der Waals surface area contributed by atoms with Crippen molar-refractivity contribution >= 4 is 19.7 Å². The molecule has 4 nitrogen and oxygen atoms in total. The van der Waals surface area contributed by atoms with Crippen LogP contribution < -0.4 is 9.46 Å². The normalized spacial score (nSPS) is 16.2. The highest BCUT2D eigenvalue weighted by molar-refractivity contribution is 7.90. The number of hydrogen-bond acceptors (Lipinski definition) is 4. The van der Waals surface area contributed by atoms with Crippen molar-refractivity contribution in [2.45, 2.75) is 89.4 Å². The van der Waals surface area contributed by atoms with Crippen LogP contribution >= 0.6 is 0 Å². The minimum Gasteiger partial charge on any atom is -0.598 e. The predicted octanol–water partition coefficient (Wildman–Crippen LogP) is 5.84. The Bertz CT molecular complexity index is 611. The molecule has 0 aliphatic heterocycles. The molecule has 0 aliphatic carbocycles. The van der Waals surface area contributed by atoms with Gasteiger partial charge in [0.15, 0.2) is 8.32 Å². The summed E-state index contributed by atoms with van der Waals surface area (Å²) in [5.41, 5.74) is 0. The second-order valence-corrected chi connectivity index (χ2v) is 16.8. The van der Waals surface area contributed by atoms with Gasteiger partial charge in [-0.15, -0.1) is 11.3 Å². The lowest BCUT2D eigenvalue weighted by atomic mass is 10.1. The zero-order chi connectivity index (χ0) is 22.3. The van der Waals surface area contributed by atoms with E-state index < -0.39 is 19.7 Å². The maximum Gasteiger partial charge on any atom is 0.192 e. The molecule has 1 aromatic carbocycles. The van der Waals surface area contributed by atoms with Crippen LogP contribution in [0.2, 0.25) is 18.1 Å². The number of nitrogens with one attached hydrogen (secondary N) is 1. The minimum atomic E-state index is -2.05. The van der Waals surface area contributed by atoms with Crippen molar-refractivity contribution in [1.29, 1.82) is 0 Å². The third kappa shape index (κ3) is 8.85. The van der Waals surface area contributed by atoms with Gasteiger partial charge in [0, 0.05) is 11.4 Å². The van der Waals surface area contributed by atoms with Crippen LogP contribution in [0.1, 0.15) is 54.4 Å². The van der Waals surface area contributed by atoms with Gasteiger partial charge in [-0.3, -0.25) is 0 Å². The smallest absolute Gasteiger partial charge is 0.192 e. The van der Waals surface area contributed by atoms with E-state index >= 15 is 0 Å². The topological polar surface area (TPSA) is 53.5 Å². The van der Waals surface area contributed by atoms with E-state index in [4.69, 9.17) is 9.16 Å². The van der Waals surface area contributed by atoms with Gasteiger partial charge in [-0.1, -0.05) is 45.0 Å². The molecule has 0 unspecified atom stereocenters. The molecule has 0 aromatic heterocycles. The molecule has 166 valence electrons. The largest absolute Gasteiger partial charge is 0.598 e. The Balaban J connectivity index is 3.10. The summed E-state index contributed by atoms with van der Waals surface area (Å²) in [6.45, 7) is 21.4. The van der Waals surface area contributed by atoms with Crippen LogP contribution in [0.5, 0.6) is 5.75 Å². The summed E-state index contributed by atoms with van der Waals surface area (Å²) in [6.07, 6.45) is 3.31. The monoisotopic (exact) mass is 439 g/mol. The zero-order valence-electron chi connectivity index (χ0n) is 19.6. The van der Waals surface area contributed by atoms with Crippen LogP contribution in [-0.2, 0) is 15.8 Å². The fraction of sp³-hybridized carbons (Fsp3) is 0.652. The number of allylic oxidation sites excluding steroid dienone is 1. The lowest BCUT2D eigenvalue weighted by Gasteiger charge is -2.41. The van der Waals surface area contributed by atoms with Crippen LogP contribution in [0.15, 0.2) is 43.0 Å². The number of hydrogen-bond donors (Lipinski definition) is 1. The maximum absolute atomic E-state index is 12.9. The highest BCUT2D eigenvalue weighted by Crippen LogP contribution is 2.38. The van der Waals surface area contributed by atoms with Crippen LogP contribution in [0.3, 0.4) is 0 Å². The molecular weight excluding hydrogens is 398 g/mol. The van der Waals surface area contributed by atoms with E-state index in [0.29, 0.717) is 6.61 Å². The van der Waals surface area contributed by atoms with E-state index in [-0.39, 0.29) is 21.9 Å². The minimum absolute atomic E-state index is 0.0736. The number of benzene rings is 1. The summed E-state index contributed by atoms with van der Waals surface area (Å²) in [5, 5.41) is 0.0736. The molecule has 0 aliphatic rings. The summed E-state index contributed by atoms with van der Waals surface area (Å²) in [6, 6.07) is 9.69. The molecular formula is C23H41NO3SSi. The van der Waals surface area contributed by atoms with Gasteiger partial charge in [-0.2, -0.15) is 0 Å². The first kappa shape index (κ1) is 26.2. The van der Waals surface area contributed by atoms with E-state index in [9.17, 15) is 4.55 Å². The highest BCUT2D eigenvalue weighted by atomic mass is 32.2. The lowest BCUT2D eigenvalue weighted by molar-refractivity contribution is 0.0857. The second-order valence-electron chi connectivity index (χ2n) is 10.0. The van der Waals surface area contributed by atoms with Crippen LogP contribution in [0, 0.1) is 0 Å². The van der Waals surface area contributed by atoms with Crippen molar-refractivity contribution in [1.82, 2.24) is 4.72 Å². The van der Waals surface area contributed by atoms with Crippen molar-refractivity contribution in [3.05, 3.63) is 43.0 Å². The molecule has 0 spiro atoms. The van der Waals surface area contributed by atoms with Gasteiger partial charge in [0.05, 0.1) is 12.1 Å². The first-order valence-electron chi connectivity index (χ1n) is 10.4. The lowest BCUT2D eigenvalue weighted by Crippen LogP contribution is -2.55. The first-order chi connectivity index (χ1) is 13.3. The quantitative estimate of drug-likeness (QED) is 0.267. The molecule has 1 aromatic rings. The Kier molecular flexibility index (Phi) is 9.96. The molecule has 0 saturated carbocycles. The van der Waals surface area contributed by atoms with Gasteiger partial charge in [0.25, 0.3) is 0 Å². The number of ether oxygens (including phenoxy) is 1. The Morgan fingerprint density at radius 2 is 1.72 bits per heavy atom. The van der Waals surface area contributed by atoms with E-state index in [1.54, 1.807) is 0 Å². The molecule has 0 saturated heterocycles. The number of para-hydroxylation sites is 1. The maximum atomic E-state index is 12.9. The molecule has 3 atom stereocenters. The fourth-order valence-corrected chi connectivity index (χ4v) is 4.66. The van der Waals surface area contributed by atoms with Crippen molar-refractivity contribution in [2.75, 3.05) is 6.61 Å². The summed E-state index contributed by atoms with van der Waals surface area (Å²) in [7, 11) is -2.05. The van der Waals surface area contributed by atoms with E-state index in [0.717, 1.165) is 18.6 Å². The summed E-state index contributed by atoms with van der Waals surface area (Å²) >= 11 is -1.19. The fourth-order valence-electron chi connectivity index (χ4n) is 2.41. The van der Waals surface area contributed by atoms with E-state index in [2.05, 4.69) is 45.2 Å². The van der Waals surface area contributed by atoms with Gasteiger partial charge in [-0.05, 0) is 63.9 Å². The Morgan fingerprint density at radius 1 is 1.14 bits per heavy atom. The standard InChI is InChI=1S/C23H41NO3SSi/c1-10-11-17-20(24-28(25)22(2,3)4)21(27-29(8,9)23(5,6)7)18-26-19-15-13-12-14-16-19/h10,12-16,20-21,24H,1,11,17-18H2,2-9H3/t20-,21-,28+/m1/s1. The Morgan fingerprint density at radius 3 is 2.21 bits per heavy atom. The summed E-state index contributed by atoms with van der Waals surface area (Å²) in [4.78, 5) is 0. The van der Waals surface area contributed by atoms with Crippen LogP contribution in [0.4, 0.5) is 0 Å². The summed E-state index contributed by atoms with van der Waals surface area (Å²) < 4.78 is 28.7. The van der Waals surface area contributed by atoms with Gasteiger partial charge in [0.1, 0.15) is 17.1 Å². The first-order valence-corrected chi connectivity index (χ1v) is 14.5. The van der Waals surface area contributed by atoms with Crippen LogP contribution in [0.25, 0.3) is 0 Å². The molecule has 1 rings (SSSR count). The van der Waals surface area contributed by atoms with Gasteiger partial charge in [-0.25, -0.2) is 0 Å². The molecule has 6 heteroatoms. The molecule has 1 N–H and O–H groups in total. The Hall–Kier alpha value is -0.793. The number of rotatable bonds is 11. The second kappa shape index (κ2) is 11.0. The third-order valence-electron chi connectivity index (χ3n) is 5.35. The Labute approximate surface area is 182 Å². The van der Waals surface area contributed by atoms with Crippen molar-refractivity contribution in [3.63, 3.8) is 0 Å².